The Morgan fingerprint density at radius 3 is 2.40 bits per heavy atom. The number of carbonyl (C=O) groups excluding carboxylic acids is 1. The Hall–Kier alpha value is -2.33. The largest absolute Gasteiger partial charge is 0.290 e. The highest BCUT2D eigenvalue weighted by Crippen LogP contribution is 2.33. The fraction of sp³-hybridized carbons (Fsp3) is 0.238. The van der Waals surface area contributed by atoms with Gasteiger partial charge in [0.1, 0.15) is 0 Å². The van der Waals surface area contributed by atoms with E-state index < -0.39 is 0 Å². The molecule has 128 valence electrons. The van der Waals surface area contributed by atoms with Crippen LogP contribution in [0.5, 0.6) is 0 Å². The van der Waals surface area contributed by atoms with Crippen LogP contribution in [-0.4, -0.2) is 23.0 Å². The van der Waals surface area contributed by atoms with Gasteiger partial charge in [0.25, 0.3) is 5.91 Å². The van der Waals surface area contributed by atoms with Gasteiger partial charge in [-0.1, -0.05) is 56.3 Å². The summed E-state index contributed by atoms with van der Waals surface area (Å²) < 4.78 is 0. The highest BCUT2D eigenvalue weighted by atomic mass is 32.2. The van der Waals surface area contributed by atoms with Crippen LogP contribution in [0, 0.1) is 6.92 Å². The minimum absolute atomic E-state index is 0.00901. The minimum atomic E-state index is -0.00901. The van der Waals surface area contributed by atoms with Gasteiger partial charge in [-0.15, -0.1) is 0 Å². The quantitative estimate of drug-likeness (QED) is 0.699. The van der Waals surface area contributed by atoms with Crippen molar-refractivity contribution in [1.29, 1.82) is 0 Å². The second-order valence-electron chi connectivity index (χ2n) is 6.48. The fourth-order valence-corrected chi connectivity index (χ4v) is 3.55. The number of benzene rings is 2. The molecular weight excluding hydrogens is 328 g/mol. The second kappa shape index (κ2) is 7.28. The standard InChI is InChI=1S/C21H22N2OS/c1-14(2)17-11-9-16(10-12-17)13-19-20(24)23(4)21(25-19)22-18-8-6-5-7-15(18)3/h5-14H,1-4H3/b19-13+,22-21?. The first-order valence-corrected chi connectivity index (χ1v) is 9.19. The normalized spacial score (nSPS) is 18.0. The summed E-state index contributed by atoms with van der Waals surface area (Å²) in [7, 11) is 1.77. The van der Waals surface area contributed by atoms with E-state index in [0.717, 1.165) is 16.8 Å². The van der Waals surface area contributed by atoms with E-state index in [2.05, 4.69) is 43.1 Å². The predicted octanol–water partition coefficient (Wildman–Crippen LogP) is 5.35. The van der Waals surface area contributed by atoms with Crippen molar-refractivity contribution in [3.8, 4) is 0 Å². The zero-order chi connectivity index (χ0) is 18.0. The third-order valence-corrected chi connectivity index (χ3v) is 5.30. The van der Waals surface area contributed by atoms with E-state index in [1.54, 1.807) is 11.9 Å². The lowest BCUT2D eigenvalue weighted by Gasteiger charge is -2.08. The Balaban J connectivity index is 1.87. The van der Waals surface area contributed by atoms with Crippen molar-refractivity contribution in [2.45, 2.75) is 26.7 Å². The van der Waals surface area contributed by atoms with Crippen LogP contribution in [0.4, 0.5) is 5.69 Å². The lowest BCUT2D eigenvalue weighted by atomic mass is 10.0. The van der Waals surface area contributed by atoms with Crippen LogP contribution in [0.25, 0.3) is 6.08 Å². The maximum atomic E-state index is 12.5. The molecule has 0 saturated carbocycles. The van der Waals surface area contributed by atoms with Crippen molar-refractivity contribution < 1.29 is 4.79 Å². The molecule has 1 aliphatic heterocycles. The molecule has 25 heavy (non-hydrogen) atoms. The number of nitrogens with zero attached hydrogens (tertiary/aromatic N) is 2. The van der Waals surface area contributed by atoms with Crippen LogP contribution in [0.3, 0.4) is 0 Å². The van der Waals surface area contributed by atoms with E-state index in [1.807, 2.05) is 37.3 Å². The Labute approximate surface area is 153 Å². The van der Waals surface area contributed by atoms with Crippen LogP contribution in [0.1, 0.15) is 36.5 Å². The number of aryl methyl sites for hydroxylation is 1. The first kappa shape index (κ1) is 17.5. The molecule has 0 radical (unpaired) electrons. The summed E-state index contributed by atoms with van der Waals surface area (Å²) >= 11 is 1.42. The van der Waals surface area contributed by atoms with Gasteiger partial charge in [0.05, 0.1) is 10.6 Å². The molecular formula is C21H22N2OS. The molecule has 0 spiro atoms. The summed E-state index contributed by atoms with van der Waals surface area (Å²) in [4.78, 5) is 19.5. The number of likely N-dealkylation sites (N-methyl/N-ethyl adjacent to an activating group) is 1. The first-order valence-electron chi connectivity index (χ1n) is 8.37. The molecule has 1 saturated heterocycles. The highest BCUT2D eigenvalue weighted by molar-refractivity contribution is 8.18. The molecule has 0 aliphatic carbocycles. The van der Waals surface area contributed by atoms with Crippen molar-refractivity contribution in [2.75, 3.05) is 7.05 Å². The van der Waals surface area contributed by atoms with Crippen LogP contribution in [0.2, 0.25) is 0 Å². The monoisotopic (exact) mass is 350 g/mol. The molecule has 0 atom stereocenters. The molecule has 0 aromatic heterocycles. The van der Waals surface area contributed by atoms with Crippen molar-refractivity contribution in [2.24, 2.45) is 4.99 Å². The maximum absolute atomic E-state index is 12.5. The van der Waals surface area contributed by atoms with Gasteiger partial charge in [0.15, 0.2) is 5.17 Å². The van der Waals surface area contributed by atoms with E-state index in [9.17, 15) is 4.79 Å². The zero-order valence-electron chi connectivity index (χ0n) is 15.0. The summed E-state index contributed by atoms with van der Waals surface area (Å²) in [6.07, 6.45) is 1.94. The zero-order valence-corrected chi connectivity index (χ0v) is 15.8. The van der Waals surface area contributed by atoms with E-state index in [4.69, 9.17) is 0 Å². The molecule has 0 bridgehead atoms. The second-order valence-corrected chi connectivity index (χ2v) is 7.49. The van der Waals surface area contributed by atoms with Gasteiger partial charge >= 0.3 is 0 Å². The van der Waals surface area contributed by atoms with Crippen molar-refractivity contribution in [3.05, 3.63) is 70.1 Å². The highest BCUT2D eigenvalue weighted by Gasteiger charge is 2.30. The average molecular weight is 350 g/mol. The lowest BCUT2D eigenvalue weighted by Crippen LogP contribution is -2.23. The molecule has 1 amide bonds. The molecule has 3 nitrogen and oxygen atoms in total. The average Bonchev–Trinajstić information content (AvgIpc) is 2.85. The van der Waals surface area contributed by atoms with E-state index in [-0.39, 0.29) is 5.91 Å². The van der Waals surface area contributed by atoms with Gasteiger partial charge in [-0.25, -0.2) is 4.99 Å². The number of amides is 1. The third-order valence-electron chi connectivity index (χ3n) is 4.24. The molecule has 2 aromatic carbocycles. The minimum Gasteiger partial charge on any atom is -0.290 e. The van der Waals surface area contributed by atoms with Gasteiger partial charge in [-0.05, 0) is 53.4 Å². The molecule has 3 rings (SSSR count). The van der Waals surface area contributed by atoms with Gasteiger partial charge in [-0.2, -0.15) is 0 Å². The molecule has 1 fully saturated rings. The Morgan fingerprint density at radius 1 is 1.08 bits per heavy atom. The van der Waals surface area contributed by atoms with E-state index in [0.29, 0.717) is 16.0 Å². The Bertz CT molecular complexity index is 850. The molecule has 0 N–H and O–H groups in total. The van der Waals surface area contributed by atoms with Crippen molar-refractivity contribution >= 4 is 34.6 Å². The summed E-state index contributed by atoms with van der Waals surface area (Å²) in [6, 6.07) is 16.3. The summed E-state index contributed by atoms with van der Waals surface area (Å²) in [6.45, 7) is 6.37. The number of aliphatic imine (C=N–C) groups is 1. The van der Waals surface area contributed by atoms with Crippen LogP contribution < -0.4 is 0 Å². The molecule has 1 aliphatic rings. The molecule has 0 unspecified atom stereocenters. The van der Waals surface area contributed by atoms with E-state index in [1.165, 1.54) is 17.3 Å². The molecule has 2 aromatic rings. The number of thioether (sulfide) groups is 1. The van der Waals surface area contributed by atoms with Crippen molar-refractivity contribution in [3.63, 3.8) is 0 Å². The number of carbonyl (C=O) groups is 1. The van der Waals surface area contributed by atoms with Gasteiger partial charge in [0, 0.05) is 7.05 Å². The van der Waals surface area contributed by atoms with Crippen LogP contribution in [0.15, 0.2) is 58.4 Å². The lowest BCUT2D eigenvalue weighted by molar-refractivity contribution is -0.121. The van der Waals surface area contributed by atoms with E-state index >= 15 is 0 Å². The fourth-order valence-electron chi connectivity index (χ4n) is 2.57. The SMILES string of the molecule is Cc1ccccc1N=C1S/C(=C/c2ccc(C(C)C)cc2)C(=O)N1C. The number of amidine groups is 1. The number of hydrogen-bond donors (Lipinski definition) is 0. The summed E-state index contributed by atoms with van der Waals surface area (Å²) in [5.41, 5.74) is 4.32. The van der Waals surface area contributed by atoms with Gasteiger partial charge in [-0.3, -0.25) is 9.69 Å². The smallest absolute Gasteiger partial charge is 0.266 e. The summed E-state index contributed by atoms with van der Waals surface area (Å²) in [5, 5.41) is 0.712. The maximum Gasteiger partial charge on any atom is 0.266 e. The summed E-state index contributed by atoms with van der Waals surface area (Å²) in [5.74, 6) is 0.494. The number of rotatable bonds is 3. The van der Waals surface area contributed by atoms with Crippen molar-refractivity contribution in [1.82, 2.24) is 4.90 Å². The van der Waals surface area contributed by atoms with Gasteiger partial charge in [0.2, 0.25) is 0 Å². The number of para-hydroxylation sites is 1. The molecule has 1 heterocycles. The van der Waals surface area contributed by atoms with Crippen LogP contribution >= 0.6 is 11.8 Å². The molecule has 4 heteroatoms. The van der Waals surface area contributed by atoms with Crippen LogP contribution in [-0.2, 0) is 4.79 Å². The van der Waals surface area contributed by atoms with Gasteiger partial charge < -0.3 is 0 Å². The number of hydrogen-bond acceptors (Lipinski definition) is 3. The predicted molar refractivity (Wildman–Crippen MR) is 107 cm³/mol. The topological polar surface area (TPSA) is 32.7 Å². The Morgan fingerprint density at radius 2 is 1.76 bits per heavy atom. The first-order chi connectivity index (χ1) is 12.0. The third kappa shape index (κ3) is 3.85. The Kier molecular flexibility index (Phi) is 5.09.